The molecule has 6 nitrogen and oxygen atoms in total. The van der Waals surface area contributed by atoms with Gasteiger partial charge in [-0.15, -0.1) is 0 Å². The molecule has 1 rings (SSSR count). The molecule has 0 aromatic heterocycles. The van der Waals surface area contributed by atoms with Gasteiger partial charge in [-0.25, -0.2) is 0 Å². The van der Waals surface area contributed by atoms with Gasteiger partial charge in [0.15, 0.2) is 0 Å². The molecule has 1 aromatic rings. The summed E-state index contributed by atoms with van der Waals surface area (Å²) in [5.41, 5.74) is 3.03. The van der Waals surface area contributed by atoms with Crippen molar-refractivity contribution in [3.8, 4) is 0 Å². The van der Waals surface area contributed by atoms with E-state index in [1.807, 2.05) is 32.9 Å². The largest absolute Gasteiger partial charge is 0.461 e. The van der Waals surface area contributed by atoms with Crippen LogP contribution in [0.5, 0.6) is 0 Å². The molecule has 0 aliphatic rings. The monoisotopic (exact) mass is 350 g/mol. The van der Waals surface area contributed by atoms with E-state index in [-0.39, 0.29) is 43.1 Å². The first-order chi connectivity index (χ1) is 11.5. The molecule has 25 heavy (non-hydrogen) atoms. The standard InChI is InChI=1S/C19H26O6/c1-12(20)23-9-15-7-16(10-24-13(2)21)18(19(4,5)6)17(8-15)11-25-14(3)22/h7-8H,9-11H2,1-6H3. The van der Waals surface area contributed by atoms with Crippen LogP contribution in [-0.2, 0) is 53.8 Å². The fourth-order valence-electron chi connectivity index (χ4n) is 2.66. The van der Waals surface area contributed by atoms with Gasteiger partial charge in [-0.05, 0) is 39.8 Å². The maximum Gasteiger partial charge on any atom is 0.302 e. The summed E-state index contributed by atoms with van der Waals surface area (Å²) in [5.74, 6) is -1.15. The summed E-state index contributed by atoms with van der Waals surface area (Å²) in [7, 11) is 0. The van der Waals surface area contributed by atoms with E-state index in [0.29, 0.717) is 0 Å². The van der Waals surface area contributed by atoms with Gasteiger partial charge >= 0.3 is 17.9 Å². The van der Waals surface area contributed by atoms with Gasteiger partial charge < -0.3 is 14.2 Å². The molecule has 0 atom stereocenters. The minimum Gasteiger partial charge on any atom is -0.461 e. The van der Waals surface area contributed by atoms with E-state index in [1.54, 1.807) is 0 Å². The first kappa shape index (κ1) is 20.7. The van der Waals surface area contributed by atoms with Crippen molar-refractivity contribution in [2.24, 2.45) is 0 Å². The second-order valence-corrected chi connectivity index (χ2v) is 6.88. The fraction of sp³-hybridized carbons (Fsp3) is 0.526. The Bertz CT molecular complexity index is 615. The van der Waals surface area contributed by atoms with Crippen molar-refractivity contribution in [2.45, 2.75) is 66.8 Å². The number of hydrogen-bond acceptors (Lipinski definition) is 6. The lowest BCUT2D eigenvalue weighted by Gasteiger charge is -2.27. The number of carbonyl (C=O) groups excluding carboxylic acids is 3. The summed E-state index contributed by atoms with van der Waals surface area (Å²) < 4.78 is 15.4. The highest BCUT2D eigenvalue weighted by molar-refractivity contribution is 5.67. The predicted octanol–water partition coefficient (Wildman–Crippen LogP) is 3.17. The van der Waals surface area contributed by atoms with Crippen LogP contribution in [0.15, 0.2) is 12.1 Å². The van der Waals surface area contributed by atoms with E-state index in [4.69, 9.17) is 14.2 Å². The minimum absolute atomic E-state index is 0.0971. The molecule has 0 heterocycles. The number of ether oxygens (including phenoxy) is 3. The Balaban J connectivity index is 3.36. The Hall–Kier alpha value is -2.37. The van der Waals surface area contributed by atoms with Gasteiger partial charge in [0.25, 0.3) is 0 Å². The lowest BCUT2D eigenvalue weighted by Crippen LogP contribution is -2.20. The maximum atomic E-state index is 11.2. The Labute approximate surface area is 148 Å². The van der Waals surface area contributed by atoms with Crippen molar-refractivity contribution in [3.05, 3.63) is 34.4 Å². The molecule has 0 bridgehead atoms. The highest BCUT2D eigenvalue weighted by Gasteiger charge is 2.24. The maximum absolute atomic E-state index is 11.2. The van der Waals surface area contributed by atoms with Crippen molar-refractivity contribution in [3.63, 3.8) is 0 Å². The molecular formula is C19H26O6. The van der Waals surface area contributed by atoms with Crippen molar-refractivity contribution >= 4 is 17.9 Å². The summed E-state index contributed by atoms with van der Waals surface area (Å²) in [6.45, 7) is 10.4. The van der Waals surface area contributed by atoms with Crippen molar-refractivity contribution in [1.82, 2.24) is 0 Å². The highest BCUT2D eigenvalue weighted by Crippen LogP contribution is 2.32. The lowest BCUT2D eigenvalue weighted by molar-refractivity contribution is -0.143. The molecule has 0 spiro atoms. The zero-order valence-corrected chi connectivity index (χ0v) is 15.7. The highest BCUT2D eigenvalue weighted by atomic mass is 16.5. The molecular weight excluding hydrogens is 324 g/mol. The number of esters is 3. The van der Waals surface area contributed by atoms with E-state index in [1.165, 1.54) is 20.8 Å². The number of carbonyl (C=O) groups is 3. The van der Waals surface area contributed by atoms with Gasteiger partial charge in [0.2, 0.25) is 0 Å². The topological polar surface area (TPSA) is 78.9 Å². The van der Waals surface area contributed by atoms with Gasteiger partial charge in [0.05, 0.1) is 0 Å². The smallest absolute Gasteiger partial charge is 0.302 e. The van der Waals surface area contributed by atoms with Crippen molar-refractivity contribution in [2.75, 3.05) is 0 Å². The van der Waals surface area contributed by atoms with Gasteiger partial charge in [-0.2, -0.15) is 0 Å². The van der Waals surface area contributed by atoms with Gasteiger partial charge in [-0.3, -0.25) is 14.4 Å². The van der Waals surface area contributed by atoms with Crippen LogP contribution in [0.25, 0.3) is 0 Å². The molecule has 6 heteroatoms. The summed E-state index contributed by atoms with van der Waals surface area (Å²) in [5, 5.41) is 0. The molecule has 0 aliphatic heterocycles. The van der Waals surface area contributed by atoms with Crippen LogP contribution < -0.4 is 0 Å². The van der Waals surface area contributed by atoms with E-state index in [9.17, 15) is 14.4 Å². The first-order valence-corrected chi connectivity index (χ1v) is 8.06. The third kappa shape index (κ3) is 6.95. The van der Waals surface area contributed by atoms with Gasteiger partial charge in [0, 0.05) is 20.8 Å². The Morgan fingerprint density at radius 2 is 1.12 bits per heavy atom. The van der Waals surface area contributed by atoms with E-state index < -0.39 is 0 Å². The number of hydrogen-bond donors (Lipinski definition) is 0. The number of rotatable bonds is 6. The Morgan fingerprint density at radius 1 is 0.760 bits per heavy atom. The summed E-state index contributed by atoms with van der Waals surface area (Å²) in [6, 6.07) is 3.70. The zero-order chi connectivity index (χ0) is 19.2. The van der Waals surface area contributed by atoms with Crippen molar-refractivity contribution in [1.29, 1.82) is 0 Å². The molecule has 0 saturated heterocycles. The van der Waals surface area contributed by atoms with E-state index >= 15 is 0 Å². The average Bonchev–Trinajstić information content (AvgIpc) is 2.47. The molecule has 0 aliphatic carbocycles. The quantitative estimate of drug-likeness (QED) is 0.579. The van der Waals surface area contributed by atoms with Crippen LogP contribution in [0.2, 0.25) is 0 Å². The van der Waals surface area contributed by atoms with Crippen LogP contribution in [0, 0.1) is 0 Å². The molecule has 0 saturated carbocycles. The minimum atomic E-state index is -0.386. The molecule has 0 amide bonds. The average molecular weight is 350 g/mol. The third-order valence-electron chi connectivity index (χ3n) is 3.42. The summed E-state index contributed by atoms with van der Waals surface area (Å²) >= 11 is 0. The van der Waals surface area contributed by atoms with Crippen LogP contribution in [-0.4, -0.2) is 17.9 Å². The lowest BCUT2D eigenvalue weighted by atomic mass is 9.80. The molecule has 0 fully saturated rings. The van der Waals surface area contributed by atoms with Gasteiger partial charge in [0.1, 0.15) is 19.8 Å². The fourth-order valence-corrected chi connectivity index (χ4v) is 2.66. The summed E-state index contributed by atoms with van der Waals surface area (Å²) in [4.78, 5) is 33.5. The van der Waals surface area contributed by atoms with E-state index in [0.717, 1.165) is 22.3 Å². The number of benzene rings is 1. The zero-order valence-electron chi connectivity index (χ0n) is 15.7. The molecule has 1 aromatic carbocycles. The third-order valence-corrected chi connectivity index (χ3v) is 3.42. The van der Waals surface area contributed by atoms with Crippen LogP contribution in [0.3, 0.4) is 0 Å². The first-order valence-electron chi connectivity index (χ1n) is 8.06. The van der Waals surface area contributed by atoms with Crippen LogP contribution in [0.1, 0.15) is 63.8 Å². The molecule has 0 N–H and O–H groups in total. The van der Waals surface area contributed by atoms with Crippen LogP contribution >= 0.6 is 0 Å². The molecule has 0 radical (unpaired) electrons. The predicted molar refractivity (Wildman–Crippen MR) is 91.6 cm³/mol. The summed E-state index contributed by atoms with van der Waals surface area (Å²) in [6.07, 6.45) is 0. The SMILES string of the molecule is CC(=O)OCc1cc(COC(C)=O)c(C(C)(C)C)c(COC(C)=O)c1. The molecule has 138 valence electrons. The molecule has 0 unspecified atom stereocenters. The Morgan fingerprint density at radius 3 is 1.44 bits per heavy atom. The van der Waals surface area contributed by atoms with Crippen LogP contribution in [0.4, 0.5) is 0 Å². The van der Waals surface area contributed by atoms with Gasteiger partial charge in [-0.1, -0.05) is 20.8 Å². The van der Waals surface area contributed by atoms with Crippen molar-refractivity contribution < 1.29 is 28.6 Å². The normalized spacial score (nSPS) is 11.0. The van der Waals surface area contributed by atoms with E-state index in [2.05, 4.69) is 0 Å². The Kier molecular flexibility index (Phi) is 7.15. The second kappa shape index (κ2) is 8.65. The second-order valence-electron chi connectivity index (χ2n) is 6.88.